The van der Waals surface area contributed by atoms with Gasteiger partial charge in [0.2, 0.25) is 0 Å². The molecule has 0 radical (unpaired) electrons. The SMILES string of the molecule is CC.CC.CC.CC.CC.CC.CC.CC.CC.CC.CC.CC.CC.CC.CC.CC.CC.CC.CC.CC.CC.CC.CC.CC.CC.CC.CC.CC.CC.CC.CC.CC.CC.CC.CC.CC.CCC.CCC.CCC.CCC.CCC.CO.CO.CO.CO.CO.CO. The molecule has 0 rings (SSSR count). The highest BCUT2D eigenvalue weighted by Crippen LogP contribution is 1.57. The zero-order chi connectivity index (χ0) is 97.5. The van der Waals surface area contributed by atoms with Crippen molar-refractivity contribution in [2.75, 3.05) is 42.7 Å². The summed E-state index contributed by atoms with van der Waals surface area (Å²) in [5.41, 5.74) is 0. The second-order valence-electron chi connectivity index (χ2n) is 3.54. The van der Waals surface area contributed by atoms with Crippen LogP contribution in [0.5, 0.6) is 0 Å². The second-order valence-corrected chi connectivity index (χ2v) is 3.54. The molecule has 0 unspecified atom stereocenters. The van der Waals surface area contributed by atoms with Gasteiger partial charge in [-0.1, -0.05) is 600 Å². The summed E-state index contributed by atoms with van der Waals surface area (Å²) in [6.45, 7) is 165. The van der Waals surface area contributed by atoms with Crippen LogP contribution in [0.15, 0.2) is 0 Å². The Hall–Kier alpha value is -0.240. The highest BCUT2D eigenvalue weighted by atomic mass is 16.2. The van der Waals surface area contributed by atoms with Crippen LogP contribution in [0.25, 0.3) is 0 Å². The second kappa shape index (κ2) is 40400. The standard InChI is InChI=1S/5C3H8.36C2H6.6CH4O/c5*1-3-2;42*1-2/h5*3H2,1-2H3;36*1-2H3;6*2H,1H3. The first kappa shape index (κ1) is 352. The van der Waals surface area contributed by atoms with Gasteiger partial charge < -0.3 is 30.6 Å². The molecule has 0 saturated heterocycles. The van der Waals surface area contributed by atoms with Crippen LogP contribution in [-0.4, -0.2) is 73.3 Å². The fraction of sp³-hybridized carbons (Fsp3) is 1.00. The molecule has 6 heteroatoms. The summed E-state index contributed by atoms with van der Waals surface area (Å²) in [5.74, 6) is 0. The predicted molar refractivity (Wildman–Crippen MR) is 537 cm³/mol. The van der Waals surface area contributed by atoms with Gasteiger partial charge in [0.05, 0.1) is 0 Å². The summed E-state index contributed by atoms with van der Waals surface area (Å²) in [6.07, 6.45) is 6.25. The first-order valence-electron chi connectivity index (χ1n) is 45.8. The van der Waals surface area contributed by atoms with Crippen LogP contribution >= 0.6 is 0 Å². The monoisotopic (exact) mass is 1490 g/mol. The predicted octanol–water partition coefficient (Wildman–Crippen LogP) is 41.7. The molecule has 0 aromatic carbocycles. The number of aliphatic hydroxyl groups excluding tert-OH is 6. The number of aliphatic hydroxyl groups is 6. The van der Waals surface area contributed by atoms with Crippen molar-refractivity contribution in [1.29, 1.82) is 0 Å². The average Bonchev–Trinajstić information content (AvgIpc) is 3.82. The molecule has 99 heavy (non-hydrogen) atoms. The van der Waals surface area contributed by atoms with Crippen LogP contribution in [0.3, 0.4) is 0 Å². The van der Waals surface area contributed by atoms with Crippen molar-refractivity contribution in [1.82, 2.24) is 0 Å². The largest absolute Gasteiger partial charge is 0.400 e. The molecule has 0 fully saturated rings. The van der Waals surface area contributed by atoms with Crippen molar-refractivity contribution in [3.8, 4) is 0 Å². The molecule has 6 nitrogen and oxygen atoms in total. The summed E-state index contributed by atoms with van der Waals surface area (Å²) in [7, 11) is 6.00. The summed E-state index contributed by atoms with van der Waals surface area (Å²) >= 11 is 0. The van der Waals surface area contributed by atoms with E-state index in [4.69, 9.17) is 30.6 Å². The average molecular weight is 1500 g/mol. The van der Waals surface area contributed by atoms with Gasteiger partial charge in [-0.05, 0) is 0 Å². The van der Waals surface area contributed by atoms with Gasteiger partial charge in [0.25, 0.3) is 0 Å². The van der Waals surface area contributed by atoms with Crippen molar-refractivity contribution in [2.45, 2.75) is 600 Å². The van der Waals surface area contributed by atoms with Gasteiger partial charge in [0.1, 0.15) is 0 Å². The van der Waals surface area contributed by atoms with Crippen molar-refractivity contribution >= 4 is 0 Å². The Balaban J connectivity index is -0.00000000621. The maximum Gasteiger partial charge on any atom is 0.0319 e. The lowest BCUT2D eigenvalue weighted by atomic mass is 10.6. The Bertz CT molecular complexity index is 44.3. The quantitative estimate of drug-likeness (QED) is 0.144. The molecule has 0 saturated carbocycles. The molecule has 0 spiro atoms. The zero-order valence-electron chi connectivity index (χ0n) is 94.2. The number of hydrogen-bond acceptors (Lipinski definition) is 6. The first-order valence-corrected chi connectivity index (χ1v) is 45.8. The molecule has 0 amide bonds. The van der Waals surface area contributed by atoms with Gasteiger partial charge >= 0.3 is 0 Å². The molecule has 0 aromatic rings. The Morgan fingerprint density at radius 2 is 0.0707 bits per heavy atom. The van der Waals surface area contributed by atoms with E-state index in [2.05, 4.69) is 69.2 Å². The summed E-state index contributed by atoms with van der Waals surface area (Å²) in [5, 5.41) is 42.0. The molecule has 0 aliphatic carbocycles. The van der Waals surface area contributed by atoms with Crippen molar-refractivity contribution in [3.05, 3.63) is 0 Å². The van der Waals surface area contributed by atoms with Gasteiger partial charge in [0, 0.05) is 42.7 Å². The molecular weight excluding hydrogens is 1210 g/mol. The van der Waals surface area contributed by atoms with Crippen molar-refractivity contribution < 1.29 is 30.6 Å². The van der Waals surface area contributed by atoms with Crippen LogP contribution in [0.1, 0.15) is 600 Å². The molecule has 0 aromatic heterocycles. The lowest BCUT2D eigenvalue weighted by molar-refractivity contribution is 0.399. The summed E-state index contributed by atoms with van der Waals surface area (Å²) < 4.78 is 0. The van der Waals surface area contributed by atoms with Gasteiger partial charge in [-0.2, -0.15) is 0 Å². The maximum atomic E-state index is 7.00. The third-order valence-corrected chi connectivity index (χ3v) is 0. The van der Waals surface area contributed by atoms with Crippen molar-refractivity contribution in [3.63, 3.8) is 0 Å². The van der Waals surface area contributed by atoms with Gasteiger partial charge in [-0.25, -0.2) is 0 Å². The molecule has 0 aliphatic rings. The molecule has 0 atom stereocenters. The minimum atomic E-state index is 1.00. The van der Waals surface area contributed by atoms with E-state index >= 15 is 0 Å². The molecule has 0 bridgehead atoms. The molecule has 0 heterocycles. The third-order valence-electron chi connectivity index (χ3n) is 0. The van der Waals surface area contributed by atoms with E-state index in [0.29, 0.717) is 0 Å². The molecule has 6 N–H and O–H groups in total. The minimum Gasteiger partial charge on any atom is -0.400 e. The van der Waals surface area contributed by atoms with Crippen LogP contribution < -0.4 is 0 Å². The zero-order valence-corrected chi connectivity index (χ0v) is 94.2. The van der Waals surface area contributed by atoms with Crippen LogP contribution in [-0.2, 0) is 0 Å². The molecular formula is C93H280O6. The van der Waals surface area contributed by atoms with E-state index in [0.717, 1.165) is 42.7 Å². The first-order chi connectivity index (χ1) is 49.1. The molecule has 688 valence electrons. The Morgan fingerprint density at radius 3 is 0.0707 bits per heavy atom. The molecule has 0 aliphatic heterocycles. The normalized spacial score (nSPS) is 3.45. The lowest BCUT2D eigenvalue weighted by Gasteiger charge is -1.48. The van der Waals surface area contributed by atoms with Gasteiger partial charge in [0.15, 0.2) is 0 Å². The van der Waals surface area contributed by atoms with Crippen molar-refractivity contribution in [2.24, 2.45) is 0 Å². The van der Waals surface area contributed by atoms with E-state index in [1.165, 1.54) is 32.1 Å². The van der Waals surface area contributed by atoms with Crippen LogP contribution in [0.4, 0.5) is 0 Å². The highest BCUT2D eigenvalue weighted by Gasteiger charge is 1.37. The van der Waals surface area contributed by atoms with E-state index in [-0.39, 0.29) is 0 Å². The summed E-state index contributed by atoms with van der Waals surface area (Å²) in [4.78, 5) is 0. The number of rotatable bonds is 0. The van der Waals surface area contributed by atoms with Crippen LogP contribution in [0.2, 0.25) is 0 Å². The Labute approximate surface area is 669 Å². The van der Waals surface area contributed by atoms with Crippen LogP contribution in [0, 0.1) is 0 Å². The van der Waals surface area contributed by atoms with E-state index < -0.39 is 0 Å². The third kappa shape index (κ3) is 15600000. The van der Waals surface area contributed by atoms with E-state index in [1.807, 2.05) is 499 Å². The fourth-order valence-electron chi connectivity index (χ4n) is 0. The topological polar surface area (TPSA) is 121 Å². The minimum absolute atomic E-state index is 1.00. The number of hydrogen-bond donors (Lipinski definition) is 6. The van der Waals surface area contributed by atoms with Gasteiger partial charge in [-0.15, -0.1) is 0 Å². The maximum absolute atomic E-state index is 7.00. The van der Waals surface area contributed by atoms with E-state index in [9.17, 15) is 0 Å². The Kier molecular flexibility index (Phi) is 144000. The van der Waals surface area contributed by atoms with E-state index in [1.54, 1.807) is 0 Å². The highest BCUT2D eigenvalue weighted by molar-refractivity contribution is 3.93. The summed E-state index contributed by atoms with van der Waals surface area (Å²) in [6, 6.07) is 0. The smallest absolute Gasteiger partial charge is 0.0319 e. The lowest BCUT2D eigenvalue weighted by Crippen LogP contribution is -1.27. The Morgan fingerprint density at radius 1 is 0.0707 bits per heavy atom. The fourth-order valence-corrected chi connectivity index (χ4v) is 0. The van der Waals surface area contributed by atoms with Gasteiger partial charge in [-0.3, -0.25) is 0 Å².